The van der Waals surface area contributed by atoms with Crippen molar-refractivity contribution in [1.29, 1.82) is 0 Å². The molecule has 1 fully saturated rings. The van der Waals surface area contributed by atoms with Gasteiger partial charge in [0.15, 0.2) is 0 Å². The zero-order valence-electron chi connectivity index (χ0n) is 13.7. The summed E-state index contributed by atoms with van der Waals surface area (Å²) in [6, 6.07) is 6.13. The predicted molar refractivity (Wildman–Crippen MR) is 87.4 cm³/mol. The van der Waals surface area contributed by atoms with Crippen LogP contribution in [0.1, 0.15) is 38.3 Å². The van der Waals surface area contributed by atoms with Crippen molar-refractivity contribution in [2.75, 3.05) is 38.6 Å². The van der Waals surface area contributed by atoms with Crippen LogP contribution in [0, 0.1) is 5.82 Å². The van der Waals surface area contributed by atoms with Crippen molar-refractivity contribution >= 4 is 5.69 Å². The zero-order valence-corrected chi connectivity index (χ0v) is 13.7. The van der Waals surface area contributed by atoms with Gasteiger partial charge in [0.1, 0.15) is 5.82 Å². The monoisotopic (exact) mass is 293 g/mol. The summed E-state index contributed by atoms with van der Waals surface area (Å²) in [5, 5.41) is 3.47. The third kappa shape index (κ3) is 3.74. The van der Waals surface area contributed by atoms with E-state index in [0.717, 1.165) is 43.7 Å². The molecule has 0 aliphatic carbocycles. The molecule has 4 heteroatoms. The summed E-state index contributed by atoms with van der Waals surface area (Å²) >= 11 is 0. The lowest BCUT2D eigenvalue weighted by atomic mass is 10.0. The van der Waals surface area contributed by atoms with Gasteiger partial charge < -0.3 is 15.1 Å². The van der Waals surface area contributed by atoms with Crippen LogP contribution in [0.25, 0.3) is 0 Å². The lowest BCUT2D eigenvalue weighted by Crippen LogP contribution is -2.32. The average Bonchev–Trinajstić information content (AvgIpc) is 2.94. The first-order valence-corrected chi connectivity index (χ1v) is 7.97. The van der Waals surface area contributed by atoms with Gasteiger partial charge >= 0.3 is 0 Å². The minimum atomic E-state index is -0.0999. The Hall–Kier alpha value is -1.13. The maximum atomic E-state index is 14.4. The Morgan fingerprint density at radius 3 is 2.81 bits per heavy atom. The zero-order chi connectivity index (χ0) is 15.4. The smallest absolute Gasteiger partial charge is 0.146 e. The Morgan fingerprint density at radius 1 is 1.43 bits per heavy atom. The van der Waals surface area contributed by atoms with Gasteiger partial charge in [0.25, 0.3) is 0 Å². The van der Waals surface area contributed by atoms with Gasteiger partial charge in [-0.2, -0.15) is 0 Å². The molecule has 21 heavy (non-hydrogen) atoms. The van der Waals surface area contributed by atoms with Gasteiger partial charge in [-0.25, -0.2) is 4.39 Å². The molecule has 1 aliphatic rings. The molecule has 0 aromatic heterocycles. The quantitative estimate of drug-likeness (QED) is 0.870. The van der Waals surface area contributed by atoms with Crippen molar-refractivity contribution in [1.82, 2.24) is 10.2 Å². The fourth-order valence-corrected chi connectivity index (χ4v) is 3.05. The minimum Gasteiger partial charge on any atom is -0.367 e. The molecule has 0 radical (unpaired) electrons. The summed E-state index contributed by atoms with van der Waals surface area (Å²) in [5.41, 5.74) is 1.86. The van der Waals surface area contributed by atoms with Gasteiger partial charge in [-0.05, 0) is 52.0 Å². The molecule has 0 amide bonds. The summed E-state index contributed by atoms with van der Waals surface area (Å²) in [5.74, 6) is -0.0999. The third-order valence-corrected chi connectivity index (χ3v) is 4.39. The molecule has 1 aromatic carbocycles. The van der Waals surface area contributed by atoms with Crippen LogP contribution in [0.15, 0.2) is 18.2 Å². The van der Waals surface area contributed by atoms with Gasteiger partial charge in [0.2, 0.25) is 0 Å². The van der Waals surface area contributed by atoms with Gasteiger partial charge in [0.05, 0.1) is 5.69 Å². The standard InChI is InChI=1S/C17H28FN3/c1-5-10-19-13(2)15-7-6-8-16(18)17(15)21-11-9-14(12-21)20(3)4/h6-8,13-14,19H,5,9-12H2,1-4H3. The lowest BCUT2D eigenvalue weighted by molar-refractivity contribution is 0.315. The van der Waals surface area contributed by atoms with E-state index in [1.165, 1.54) is 0 Å². The molecule has 1 aromatic rings. The van der Waals surface area contributed by atoms with Crippen LogP contribution in [0.3, 0.4) is 0 Å². The van der Waals surface area contributed by atoms with Crippen molar-refractivity contribution in [2.24, 2.45) is 0 Å². The molecule has 1 aliphatic heterocycles. The summed E-state index contributed by atoms with van der Waals surface area (Å²) in [4.78, 5) is 4.44. The van der Waals surface area contributed by atoms with E-state index < -0.39 is 0 Å². The van der Waals surface area contributed by atoms with E-state index in [2.05, 4.69) is 49.1 Å². The summed E-state index contributed by atoms with van der Waals surface area (Å²) in [6.45, 7) is 7.05. The lowest BCUT2D eigenvalue weighted by Gasteiger charge is -2.27. The molecule has 0 bridgehead atoms. The Bertz CT molecular complexity index is 461. The molecular formula is C17H28FN3. The molecule has 3 nitrogen and oxygen atoms in total. The molecule has 1 saturated heterocycles. The van der Waals surface area contributed by atoms with Crippen molar-refractivity contribution < 1.29 is 4.39 Å². The van der Waals surface area contributed by atoms with E-state index in [-0.39, 0.29) is 11.9 Å². The first kappa shape index (κ1) is 16.2. The molecule has 0 saturated carbocycles. The van der Waals surface area contributed by atoms with E-state index >= 15 is 0 Å². The second kappa shape index (κ2) is 7.23. The van der Waals surface area contributed by atoms with E-state index in [1.807, 2.05) is 6.07 Å². The average molecular weight is 293 g/mol. The van der Waals surface area contributed by atoms with Crippen LogP contribution < -0.4 is 10.2 Å². The Kier molecular flexibility index (Phi) is 5.59. The van der Waals surface area contributed by atoms with Crippen molar-refractivity contribution in [3.05, 3.63) is 29.6 Å². The fraction of sp³-hybridized carbons (Fsp3) is 0.647. The van der Waals surface area contributed by atoms with Gasteiger partial charge in [-0.3, -0.25) is 0 Å². The highest BCUT2D eigenvalue weighted by Gasteiger charge is 2.28. The molecule has 1 heterocycles. The van der Waals surface area contributed by atoms with Crippen LogP contribution in [0.5, 0.6) is 0 Å². The number of nitrogens with zero attached hydrogens (tertiary/aromatic N) is 2. The van der Waals surface area contributed by atoms with Crippen molar-refractivity contribution in [2.45, 2.75) is 38.8 Å². The number of anilines is 1. The number of hydrogen-bond acceptors (Lipinski definition) is 3. The number of rotatable bonds is 6. The maximum Gasteiger partial charge on any atom is 0.146 e. The first-order chi connectivity index (χ1) is 10.0. The normalized spacial score (nSPS) is 20.3. The van der Waals surface area contributed by atoms with Gasteiger partial charge in [0, 0.05) is 25.2 Å². The molecule has 2 unspecified atom stereocenters. The van der Waals surface area contributed by atoms with E-state index in [4.69, 9.17) is 0 Å². The number of nitrogens with one attached hydrogen (secondary N) is 1. The van der Waals surface area contributed by atoms with Crippen molar-refractivity contribution in [3.8, 4) is 0 Å². The van der Waals surface area contributed by atoms with E-state index in [9.17, 15) is 4.39 Å². The molecular weight excluding hydrogens is 265 g/mol. The first-order valence-electron chi connectivity index (χ1n) is 7.97. The second-order valence-electron chi connectivity index (χ2n) is 6.21. The highest BCUT2D eigenvalue weighted by molar-refractivity contribution is 5.57. The Balaban J connectivity index is 2.22. The Morgan fingerprint density at radius 2 is 2.19 bits per heavy atom. The van der Waals surface area contributed by atoms with E-state index in [1.54, 1.807) is 6.07 Å². The predicted octanol–water partition coefficient (Wildman–Crippen LogP) is 3.03. The van der Waals surface area contributed by atoms with E-state index in [0.29, 0.717) is 6.04 Å². The number of halogens is 1. The number of benzene rings is 1. The fourth-order valence-electron chi connectivity index (χ4n) is 3.05. The van der Waals surface area contributed by atoms with Crippen molar-refractivity contribution in [3.63, 3.8) is 0 Å². The maximum absolute atomic E-state index is 14.4. The molecule has 2 atom stereocenters. The summed E-state index contributed by atoms with van der Waals surface area (Å²) < 4.78 is 14.4. The minimum absolute atomic E-state index is 0.0999. The van der Waals surface area contributed by atoms with Gasteiger partial charge in [-0.1, -0.05) is 19.1 Å². The topological polar surface area (TPSA) is 18.5 Å². The van der Waals surface area contributed by atoms with Crippen LogP contribution in [-0.4, -0.2) is 44.7 Å². The molecule has 1 N–H and O–H groups in total. The Labute approximate surface area is 128 Å². The number of likely N-dealkylation sites (N-methyl/N-ethyl adjacent to an activating group) is 1. The SMILES string of the molecule is CCCNC(C)c1cccc(F)c1N1CCC(N(C)C)C1. The van der Waals surface area contributed by atoms with Crippen LogP contribution in [-0.2, 0) is 0 Å². The summed E-state index contributed by atoms with van der Waals surface area (Å²) in [6.07, 6.45) is 2.18. The highest BCUT2D eigenvalue weighted by atomic mass is 19.1. The molecule has 118 valence electrons. The second-order valence-corrected chi connectivity index (χ2v) is 6.21. The van der Waals surface area contributed by atoms with Crippen LogP contribution in [0.2, 0.25) is 0 Å². The summed E-state index contributed by atoms with van der Waals surface area (Å²) in [7, 11) is 4.20. The third-order valence-electron chi connectivity index (χ3n) is 4.39. The number of hydrogen-bond donors (Lipinski definition) is 1. The van der Waals surface area contributed by atoms with Crippen LogP contribution >= 0.6 is 0 Å². The van der Waals surface area contributed by atoms with Gasteiger partial charge in [-0.15, -0.1) is 0 Å². The molecule has 2 rings (SSSR count). The highest BCUT2D eigenvalue weighted by Crippen LogP contribution is 2.32. The number of para-hydroxylation sites is 1. The molecule has 0 spiro atoms. The largest absolute Gasteiger partial charge is 0.367 e. The van der Waals surface area contributed by atoms with Crippen LogP contribution in [0.4, 0.5) is 10.1 Å².